The van der Waals surface area contributed by atoms with E-state index in [-0.39, 0.29) is 5.41 Å². The van der Waals surface area contributed by atoms with E-state index < -0.39 is 0 Å². The number of benzene rings is 8. The molecule has 9 aromatic rings. The predicted molar refractivity (Wildman–Crippen MR) is 246 cm³/mol. The van der Waals surface area contributed by atoms with Gasteiger partial charge in [-0.2, -0.15) is 0 Å². The van der Waals surface area contributed by atoms with Crippen LogP contribution in [0.25, 0.3) is 60.5 Å². The number of anilines is 3. The topological polar surface area (TPSA) is 8.17 Å². The lowest BCUT2D eigenvalue weighted by molar-refractivity contribution is -0.0150. The van der Waals surface area contributed by atoms with Crippen molar-refractivity contribution in [2.24, 2.45) is 23.2 Å². The van der Waals surface area contributed by atoms with Gasteiger partial charge in [0.05, 0.1) is 11.0 Å². The van der Waals surface area contributed by atoms with E-state index in [1.807, 2.05) is 0 Å². The second kappa shape index (κ2) is 12.3. The van der Waals surface area contributed by atoms with Crippen LogP contribution in [0.15, 0.2) is 182 Å². The first-order valence-electron chi connectivity index (χ1n) is 21.8. The van der Waals surface area contributed by atoms with Crippen LogP contribution < -0.4 is 4.90 Å². The first kappa shape index (κ1) is 33.6. The molecule has 284 valence electrons. The van der Waals surface area contributed by atoms with E-state index in [9.17, 15) is 0 Å². The highest BCUT2D eigenvalue weighted by molar-refractivity contribution is 6.10. The number of para-hydroxylation sites is 2. The van der Waals surface area contributed by atoms with E-state index in [0.717, 1.165) is 23.2 Å². The predicted octanol–water partition coefficient (Wildman–Crippen LogP) is 15.2. The maximum absolute atomic E-state index is 2.63. The van der Waals surface area contributed by atoms with Gasteiger partial charge >= 0.3 is 0 Å². The van der Waals surface area contributed by atoms with Gasteiger partial charge in [0.1, 0.15) is 0 Å². The molecule has 13 rings (SSSR count). The minimum atomic E-state index is 0.111. The van der Waals surface area contributed by atoms with Gasteiger partial charge in [0, 0.05) is 38.9 Å². The van der Waals surface area contributed by atoms with Crippen LogP contribution in [0, 0.1) is 23.2 Å². The van der Waals surface area contributed by atoms with Crippen LogP contribution in [0.5, 0.6) is 0 Å². The van der Waals surface area contributed by atoms with Crippen molar-refractivity contribution in [2.45, 2.75) is 44.4 Å². The van der Waals surface area contributed by atoms with E-state index in [1.165, 1.54) is 98.3 Å². The maximum atomic E-state index is 2.63. The summed E-state index contributed by atoms with van der Waals surface area (Å²) in [6.45, 7) is 2.63. The highest BCUT2D eigenvalue weighted by atomic mass is 15.1. The van der Waals surface area contributed by atoms with Gasteiger partial charge in [-0.15, -0.1) is 0 Å². The molecule has 2 nitrogen and oxygen atoms in total. The van der Waals surface area contributed by atoms with Crippen LogP contribution in [0.3, 0.4) is 0 Å². The first-order valence-corrected chi connectivity index (χ1v) is 21.8. The summed E-state index contributed by atoms with van der Waals surface area (Å²) in [6, 6.07) is 68.4. The molecule has 1 heterocycles. The lowest BCUT2D eigenvalue weighted by Crippen LogP contribution is -2.43. The quantitative estimate of drug-likeness (QED) is 0.170. The van der Waals surface area contributed by atoms with Crippen LogP contribution in [0.4, 0.5) is 17.1 Å². The Hall–Kier alpha value is -6.38. The molecule has 8 aromatic carbocycles. The highest BCUT2D eigenvalue weighted by Crippen LogP contribution is 2.73. The molecule has 4 aliphatic rings. The fourth-order valence-corrected chi connectivity index (χ4v) is 13.0. The van der Waals surface area contributed by atoms with E-state index >= 15 is 0 Å². The number of aromatic nitrogens is 1. The molecule has 5 atom stereocenters. The van der Waals surface area contributed by atoms with Crippen molar-refractivity contribution < 1.29 is 0 Å². The molecule has 0 saturated heterocycles. The Morgan fingerprint density at radius 2 is 1.17 bits per heavy atom. The average Bonchev–Trinajstić information content (AvgIpc) is 3.84. The molecule has 1 aromatic heterocycles. The Morgan fingerprint density at radius 1 is 0.492 bits per heavy atom. The second-order valence-electron chi connectivity index (χ2n) is 18.4. The molecule has 0 amide bonds. The second-order valence-corrected chi connectivity index (χ2v) is 18.4. The zero-order chi connectivity index (χ0) is 38.9. The largest absolute Gasteiger partial charge is 0.310 e. The van der Waals surface area contributed by atoms with Gasteiger partial charge < -0.3 is 9.47 Å². The van der Waals surface area contributed by atoms with Gasteiger partial charge in [0.2, 0.25) is 0 Å². The average molecular weight is 759 g/mol. The molecule has 59 heavy (non-hydrogen) atoms. The molecule has 4 unspecified atom stereocenters. The summed E-state index contributed by atoms with van der Waals surface area (Å²) in [5, 5.41) is 5.06. The number of hydrogen-bond donors (Lipinski definition) is 0. The minimum Gasteiger partial charge on any atom is -0.310 e. The molecule has 3 saturated carbocycles. The fourth-order valence-electron chi connectivity index (χ4n) is 13.0. The van der Waals surface area contributed by atoms with Gasteiger partial charge in [-0.25, -0.2) is 0 Å². The van der Waals surface area contributed by atoms with Crippen molar-refractivity contribution >= 4 is 49.6 Å². The molecule has 2 bridgehead atoms. The Morgan fingerprint density at radius 3 is 2.07 bits per heavy atom. The maximum Gasteiger partial charge on any atom is 0.0542 e. The van der Waals surface area contributed by atoms with Gasteiger partial charge in [-0.1, -0.05) is 122 Å². The lowest BCUT2D eigenvalue weighted by atomic mass is 9.53. The zero-order valence-corrected chi connectivity index (χ0v) is 33.5. The van der Waals surface area contributed by atoms with Crippen molar-refractivity contribution in [3.8, 4) is 27.9 Å². The molecule has 0 radical (unpaired) electrons. The Labute approximate surface area is 346 Å². The van der Waals surface area contributed by atoms with Crippen LogP contribution in [0.2, 0.25) is 0 Å². The molecule has 4 aliphatic carbocycles. The molecular weight excluding hydrogens is 713 g/mol. The van der Waals surface area contributed by atoms with Gasteiger partial charge in [-0.3, -0.25) is 0 Å². The van der Waals surface area contributed by atoms with E-state index in [0.29, 0.717) is 11.3 Å². The highest BCUT2D eigenvalue weighted by Gasteiger charge is 2.64. The van der Waals surface area contributed by atoms with E-state index in [4.69, 9.17) is 0 Å². The van der Waals surface area contributed by atoms with Crippen LogP contribution in [0.1, 0.15) is 50.2 Å². The number of nitrogens with zero attached hydrogens (tertiary/aromatic N) is 2. The van der Waals surface area contributed by atoms with Gasteiger partial charge in [0.25, 0.3) is 0 Å². The standard InChI is InChI=1S/C57H46N2/c1-56-36-43-33-42(56)32-41(56)29-30-57(43)52-17-9-7-15-48(52)50-34-46(25-27-53(50)57)58(45-23-21-38(22-24-45)40-20-19-37-11-5-6-12-39(37)31-40)47-26-28-55-51(35-47)49-16-8-10-18-54(49)59(55)44-13-3-2-4-14-44/h2-28,31,34-35,41-43H,29-30,32-33,36H2,1H3/t41?,42?,43?,56-,57?/m1/s1. The van der Waals surface area contributed by atoms with Crippen molar-refractivity contribution in [3.05, 3.63) is 193 Å². The molecular formula is C57H46N2. The van der Waals surface area contributed by atoms with Crippen LogP contribution in [-0.2, 0) is 5.41 Å². The summed E-state index contributed by atoms with van der Waals surface area (Å²) in [5.41, 5.74) is 16.3. The van der Waals surface area contributed by atoms with Crippen molar-refractivity contribution in [2.75, 3.05) is 4.90 Å². The van der Waals surface area contributed by atoms with Gasteiger partial charge in [0.15, 0.2) is 0 Å². The van der Waals surface area contributed by atoms with Crippen LogP contribution in [-0.4, -0.2) is 4.57 Å². The molecule has 2 heteroatoms. The van der Waals surface area contributed by atoms with Crippen LogP contribution >= 0.6 is 0 Å². The number of rotatable bonds is 5. The third kappa shape index (κ3) is 4.69. The number of hydrogen-bond acceptors (Lipinski definition) is 1. The summed E-state index contributed by atoms with van der Waals surface area (Å²) in [6.07, 6.45) is 6.85. The summed E-state index contributed by atoms with van der Waals surface area (Å²) in [7, 11) is 0. The Balaban J connectivity index is 0.991. The smallest absolute Gasteiger partial charge is 0.0542 e. The Bertz CT molecular complexity index is 3140. The third-order valence-electron chi connectivity index (χ3n) is 15.9. The van der Waals surface area contributed by atoms with Crippen molar-refractivity contribution in [1.29, 1.82) is 0 Å². The summed E-state index contributed by atoms with van der Waals surface area (Å²) >= 11 is 0. The summed E-state index contributed by atoms with van der Waals surface area (Å²) in [5.74, 6) is 2.51. The fraction of sp³-hybridized carbons (Fsp3) is 0.193. The normalized spacial score (nSPS) is 23.6. The monoisotopic (exact) mass is 758 g/mol. The lowest BCUT2D eigenvalue weighted by Gasteiger charge is -2.51. The summed E-state index contributed by atoms with van der Waals surface area (Å²) in [4.78, 5) is 2.50. The summed E-state index contributed by atoms with van der Waals surface area (Å²) < 4.78 is 2.41. The molecule has 3 fully saturated rings. The molecule has 1 spiro atoms. The molecule has 0 aliphatic heterocycles. The third-order valence-corrected chi connectivity index (χ3v) is 15.9. The van der Waals surface area contributed by atoms with E-state index in [1.54, 1.807) is 11.1 Å². The molecule has 0 N–H and O–H groups in total. The minimum absolute atomic E-state index is 0.111. The SMILES string of the molecule is C[C@]12CC3CC1CC2CCC31c2ccccc2-c2cc(N(c3ccc(-c4ccc5ccccc5c4)cc3)c3ccc4c(c3)c3ccccc3n4-c3ccccc3)ccc21. The Kier molecular flexibility index (Phi) is 7.01. The van der Waals surface area contributed by atoms with Crippen molar-refractivity contribution in [3.63, 3.8) is 0 Å². The zero-order valence-electron chi connectivity index (χ0n) is 33.5. The van der Waals surface area contributed by atoms with Crippen molar-refractivity contribution in [1.82, 2.24) is 4.57 Å². The van der Waals surface area contributed by atoms with Gasteiger partial charge in [-0.05, 0) is 166 Å². The van der Waals surface area contributed by atoms with E-state index in [2.05, 4.69) is 198 Å². The first-order chi connectivity index (χ1) is 29.1. The number of fused-ring (bicyclic) bond motifs is 11.